The molecule has 1 aromatic rings. The van der Waals surface area contributed by atoms with E-state index in [9.17, 15) is 4.79 Å². The van der Waals surface area contributed by atoms with Crippen LogP contribution in [-0.4, -0.2) is 5.91 Å². The molecular formula is C13H12ClN3O. The van der Waals surface area contributed by atoms with Gasteiger partial charge in [-0.1, -0.05) is 18.5 Å². The van der Waals surface area contributed by atoms with Crippen molar-refractivity contribution in [2.75, 3.05) is 5.32 Å². The van der Waals surface area contributed by atoms with Gasteiger partial charge < -0.3 is 5.32 Å². The summed E-state index contributed by atoms with van der Waals surface area (Å²) in [5, 5.41) is 20.7. The summed E-state index contributed by atoms with van der Waals surface area (Å²) in [6.07, 6.45) is 0.394. The van der Waals surface area contributed by atoms with Crippen molar-refractivity contribution in [3.63, 3.8) is 0 Å². The fourth-order valence-corrected chi connectivity index (χ4v) is 1.41. The molecule has 0 spiro atoms. The Morgan fingerprint density at radius 2 is 2.17 bits per heavy atom. The summed E-state index contributed by atoms with van der Waals surface area (Å²) in [6.45, 7) is 3.32. The summed E-state index contributed by atoms with van der Waals surface area (Å²) in [7, 11) is 0. The van der Waals surface area contributed by atoms with Crippen molar-refractivity contribution in [1.29, 1.82) is 10.5 Å². The van der Waals surface area contributed by atoms with Crippen molar-refractivity contribution in [3.05, 3.63) is 28.8 Å². The first kappa shape index (κ1) is 14.0. The number of hydrogen-bond acceptors (Lipinski definition) is 3. The minimum atomic E-state index is -1.11. The lowest BCUT2D eigenvalue weighted by molar-refractivity contribution is -0.122. The highest BCUT2D eigenvalue weighted by Gasteiger charge is 2.31. The number of benzene rings is 1. The maximum absolute atomic E-state index is 12.0. The van der Waals surface area contributed by atoms with Crippen LogP contribution in [0.1, 0.15) is 25.8 Å². The lowest BCUT2D eigenvalue weighted by atomic mass is 9.88. The predicted octanol–water partition coefficient (Wildman–Crippen LogP) is 3.09. The standard InChI is InChI=1S/C13H12ClN3O/c1-3-13(2,8-16)12(18)17-11-6-9(7-15)4-5-10(11)14/h4-6H,3H2,1-2H3,(H,17,18). The fraction of sp³-hybridized carbons (Fsp3) is 0.308. The third-order valence-electron chi connectivity index (χ3n) is 2.80. The Morgan fingerprint density at radius 3 is 2.67 bits per heavy atom. The van der Waals surface area contributed by atoms with E-state index < -0.39 is 11.3 Å². The molecule has 1 atom stereocenters. The number of anilines is 1. The maximum atomic E-state index is 12.0. The molecule has 1 amide bonds. The van der Waals surface area contributed by atoms with Gasteiger partial charge in [-0.2, -0.15) is 10.5 Å². The Morgan fingerprint density at radius 1 is 1.50 bits per heavy atom. The number of hydrogen-bond donors (Lipinski definition) is 1. The Hall–Kier alpha value is -2.04. The van der Waals surface area contributed by atoms with Crippen molar-refractivity contribution < 1.29 is 4.79 Å². The molecule has 0 aliphatic carbocycles. The van der Waals surface area contributed by atoms with E-state index in [2.05, 4.69) is 5.32 Å². The molecule has 1 unspecified atom stereocenters. The van der Waals surface area contributed by atoms with Gasteiger partial charge in [0.2, 0.25) is 5.91 Å². The topological polar surface area (TPSA) is 76.7 Å². The summed E-state index contributed by atoms with van der Waals surface area (Å²) < 4.78 is 0. The second-order valence-electron chi connectivity index (χ2n) is 4.06. The first-order chi connectivity index (χ1) is 8.46. The van der Waals surface area contributed by atoms with E-state index in [4.69, 9.17) is 22.1 Å². The summed E-state index contributed by atoms with van der Waals surface area (Å²) in [4.78, 5) is 12.0. The van der Waals surface area contributed by atoms with Gasteiger partial charge in [-0.25, -0.2) is 0 Å². The summed E-state index contributed by atoms with van der Waals surface area (Å²) >= 11 is 5.93. The highest BCUT2D eigenvalue weighted by molar-refractivity contribution is 6.33. The molecule has 0 heterocycles. The second kappa shape index (κ2) is 5.53. The Bertz CT molecular complexity index is 556. The van der Waals surface area contributed by atoms with Crippen molar-refractivity contribution in [2.24, 2.45) is 5.41 Å². The Labute approximate surface area is 111 Å². The van der Waals surface area contributed by atoms with Gasteiger partial charge in [0.05, 0.1) is 28.4 Å². The predicted molar refractivity (Wildman–Crippen MR) is 68.8 cm³/mol. The lowest BCUT2D eigenvalue weighted by Gasteiger charge is -2.19. The molecule has 92 valence electrons. The van der Waals surface area contributed by atoms with Gasteiger partial charge >= 0.3 is 0 Å². The van der Waals surface area contributed by atoms with Crippen molar-refractivity contribution >= 4 is 23.2 Å². The van der Waals surface area contributed by atoms with Crippen LogP contribution in [0.2, 0.25) is 5.02 Å². The number of amides is 1. The molecule has 0 saturated heterocycles. The molecule has 0 aliphatic heterocycles. The van der Waals surface area contributed by atoms with Gasteiger partial charge in [-0.15, -0.1) is 0 Å². The van der Waals surface area contributed by atoms with Crippen LogP contribution in [0.4, 0.5) is 5.69 Å². The number of nitrogens with one attached hydrogen (secondary N) is 1. The van der Waals surface area contributed by atoms with Crippen LogP contribution in [0.5, 0.6) is 0 Å². The van der Waals surface area contributed by atoms with Crippen molar-refractivity contribution in [3.8, 4) is 12.1 Å². The van der Waals surface area contributed by atoms with Gasteiger partial charge in [-0.05, 0) is 31.5 Å². The third kappa shape index (κ3) is 2.80. The molecule has 5 heteroatoms. The van der Waals surface area contributed by atoms with Crippen LogP contribution in [0.15, 0.2) is 18.2 Å². The van der Waals surface area contributed by atoms with E-state index in [0.29, 0.717) is 22.7 Å². The minimum Gasteiger partial charge on any atom is -0.323 e. The lowest BCUT2D eigenvalue weighted by Crippen LogP contribution is -2.31. The molecule has 0 aromatic heterocycles. The molecule has 0 aliphatic rings. The van der Waals surface area contributed by atoms with Gasteiger partial charge in [0.15, 0.2) is 0 Å². The smallest absolute Gasteiger partial charge is 0.244 e. The highest BCUT2D eigenvalue weighted by atomic mass is 35.5. The Balaban J connectivity index is 3.03. The molecule has 4 nitrogen and oxygen atoms in total. The third-order valence-corrected chi connectivity index (χ3v) is 3.13. The van der Waals surface area contributed by atoms with E-state index in [0.717, 1.165) is 0 Å². The van der Waals surface area contributed by atoms with Crippen LogP contribution in [0.3, 0.4) is 0 Å². The van der Waals surface area contributed by atoms with Gasteiger partial charge in [0.25, 0.3) is 0 Å². The maximum Gasteiger partial charge on any atom is 0.244 e. The van der Waals surface area contributed by atoms with E-state index in [1.54, 1.807) is 19.9 Å². The molecule has 0 bridgehead atoms. The molecule has 0 radical (unpaired) electrons. The number of carbonyl (C=O) groups is 1. The zero-order valence-electron chi connectivity index (χ0n) is 10.1. The summed E-state index contributed by atoms with van der Waals surface area (Å²) in [5.74, 6) is -0.426. The number of rotatable bonds is 3. The first-order valence-corrected chi connectivity index (χ1v) is 5.77. The van der Waals surface area contributed by atoms with E-state index >= 15 is 0 Å². The van der Waals surface area contributed by atoms with Crippen molar-refractivity contribution in [1.82, 2.24) is 0 Å². The van der Waals surface area contributed by atoms with Crippen LogP contribution >= 0.6 is 11.6 Å². The number of nitriles is 2. The molecule has 1 rings (SSSR count). The SMILES string of the molecule is CCC(C)(C#N)C(=O)Nc1cc(C#N)ccc1Cl. The summed E-state index contributed by atoms with van der Waals surface area (Å²) in [6, 6.07) is 8.51. The molecular weight excluding hydrogens is 250 g/mol. The summed E-state index contributed by atoms with van der Waals surface area (Å²) in [5.41, 5.74) is -0.369. The molecule has 0 fully saturated rings. The Kier molecular flexibility index (Phi) is 4.31. The van der Waals surface area contributed by atoms with E-state index in [-0.39, 0.29) is 0 Å². The van der Waals surface area contributed by atoms with Gasteiger partial charge in [0, 0.05) is 0 Å². The van der Waals surface area contributed by atoms with Gasteiger partial charge in [0.1, 0.15) is 5.41 Å². The fourth-order valence-electron chi connectivity index (χ4n) is 1.24. The molecule has 0 saturated carbocycles. The molecule has 1 aromatic carbocycles. The van der Waals surface area contributed by atoms with E-state index in [1.807, 2.05) is 12.1 Å². The van der Waals surface area contributed by atoms with Crippen molar-refractivity contribution in [2.45, 2.75) is 20.3 Å². The largest absolute Gasteiger partial charge is 0.323 e. The normalized spacial score (nSPS) is 12.9. The number of carbonyl (C=O) groups excluding carboxylic acids is 1. The zero-order chi connectivity index (χ0) is 13.8. The number of halogens is 1. The quantitative estimate of drug-likeness (QED) is 0.908. The van der Waals surface area contributed by atoms with Crippen LogP contribution < -0.4 is 5.32 Å². The minimum absolute atomic E-state index is 0.332. The highest BCUT2D eigenvalue weighted by Crippen LogP contribution is 2.27. The van der Waals surface area contributed by atoms with Gasteiger partial charge in [-0.3, -0.25) is 4.79 Å². The zero-order valence-corrected chi connectivity index (χ0v) is 10.9. The number of nitrogens with zero attached hydrogens (tertiary/aromatic N) is 2. The average Bonchev–Trinajstić information content (AvgIpc) is 2.40. The second-order valence-corrected chi connectivity index (χ2v) is 4.47. The van der Waals surface area contributed by atoms with Crippen LogP contribution in [0, 0.1) is 28.1 Å². The molecule has 1 N–H and O–H groups in total. The molecule has 18 heavy (non-hydrogen) atoms. The van der Waals surface area contributed by atoms with Crippen LogP contribution in [-0.2, 0) is 4.79 Å². The monoisotopic (exact) mass is 261 g/mol. The average molecular weight is 262 g/mol. The van der Waals surface area contributed by atoms with Crippen LogP contribution in [0.25, 0.3) is 0 Å². The first-order valence-electron chi connectivity index (χ1n) is 5.39. The van der Waals surface area contributed by atoms with E-state index in [1.165, 1.54) is 12.1 Å².